The van der Waals surface area contributed by atoms with E-state index in [0.29, 0.717) is 32.8 Å². The van der Waals surface area contributed by atoms with Gasteiger partial charge in [-0.25, -0.2) is 0 Å². The number of hydrogen-bond donors (Lipinski definition) is 0. The van der Waals surface area contributed by atoms with E-state index in [1.165, 1.54) is 28.4 Å². The van der Waals surface area contributed by atoms with Gasteiger partial charge in [-0.1, -0.05) is 26.7 Å². The third kappa shape index (κ3) is 10.1. The highest BCUT2D eigenvalue weighted by Crippen LogP contribution is 2.13. The van der Waals surface area contributed by atoms with Crippen LogP contribution in [0.2, 0.25) is 0 Å². The third-order valence-electron chi connectivity index (χ3n) is 3.40. The minimum Gasteiger partial charge on any atom is -0.355 e. The zero-order valence-electron chi connectivity index (χ0n) is 16.6. The summed E-state index contributed by atoms with van der Waals surface area (Å²) in [5.41, 5.74) is 0. The van der Waals surface area contributed by atoms with Gasteiger partial charge in [0, 0.05) is 54.9 Å². The van der Waals surface area contributed by atoms with Crippen LogP contribution >= 0.6 is 0 Å². The Kier molecular flexibility index (Phi) is 15.3. The zero-order chi connectivity index (χ0) is 19.0. The molecule has 152 valence electrons. The normalized spacial score (nSPS) is 12.7. The van der Waals surface area contributed by atoms with Gasteiger partial charge < -0.3 is 35.4 Å². The molecule has 0 atom stereocenters. The van der Waals surface area contributed by atoms with E-state index in [1.54, 1.807) is 0 Å². The summed E-state index contributed by atoms with van der Waals surface area (Å²) in [7, 11) is 0.0269. The van der Waals surface area contributed by atoms with Crippen LogP contribution in [0.25, 0.3) is 0 Å². The fraction of sp³-hybridized carbons (Fsp3) is 1.00. The van der Waals surface area contributed by atoms with Gasteiger partial charge >= 0.3 is 18.1 Å². The van der Waals surface area contributed by atoms with E-state index in [4.69, 9.17) is 35.4 Å². The monoisotopic (exact) mass is 400 g/mol. The molecule has 0 aromatic heterocycles. The van der Waals surface area contributed by atoms with Gasteiger partial charge in [0.25, 0.3) is 0 Å². The summed E-state index contributed by atoms with van der Waals surface area (Å²) in [4.78, 5) is 0. The Morgan fingerprint density at radius 2 is 0.760 bits per heavy atom. The lowest BCUT2D eigenvalue weighted by molar-refractivity contribution is -0.0245. The highest BCUT2D eigenvalue weighted by atomic mass is 28.4. The Hall–Kier alpha value is 0.114. The summed E-state index contributed by atoms with van der Waals surface area (Å²) in [5, 5.41) is 0. The molecule has 0 amide bonds. The van der Waals surface area contributed by atoms with E-state index in [1.807, 2.05) is 0 Å². The Morgan fingerprint density at radius 3 is 1.00 bits per heavy atom. The van der Waals surface area contributed by atoms with Crippen LogP contribution in [0.5, 0.6) is 0 Å². The second-order valence-corrected chi connectivity index (χ2v) is 10.1. The van der Waals surface area contributed by atoms with Gasteiger partial charge in [0.05, 0.1) is 0 Å². The average Bonchev–Trinajstić information content (AvgIpc) is 2.65. The maximum Gasteiger partial charge on any atom is 0.679 e. The second-order valence-electron chi connectivity index (χ2n) is 5.27. The van der Waals surface area contributed by atoms with E-state index >= 15 is 0 Å². The van der Waals surface area contributed by atoms with Gasteiger partial charge in [-0.3, -0.25) is 0 Å². The molecule has 25 heavy (non-hydrogen) atoms. The van der Waals surface area contributed by atoms with Gasteiger partial charge in [-0.15, -0.1) is 0 Å². The molecule has 0 N–H and O–H groups in total. The Morgan fingerprint density at radius 1 is 0.480 bits per heavy atom. The maximum atomic E-state index is 5.74. The number of hydrogen-bond acceptors (Lipinski definition) is 8. The molecule has 0 aromatic carbocycles. The van der Waals surface area contributed by atoms with Crippen molar-refractivity contribution in [2.24, 2.45) is 0 Å². The van der Waals surface area contributed by atoms with Gasteiger partial charge in [-0.05, 0) is 19.3 Å². The van der Waals surface area contributed by atoms with Gasteiger partial charge in [0.1, 0.15) is 0 Å². The zero-order valence-corrected chi connectivity index (χ0v) is 18.6. The van der Waals surface area contributed by atoms with Crippen molar-refractivity contribution in [2.45, 2.75) is 46.0 Å². The molecule has 0 saturated heterocycles. The minimum atomic E-state index is -3.06. The summed E-state index contributed by atoms with van der Waals surface area (Å²) in [6, 6.07) is 0. The molecule has 0 aliphatic heterocycles. The molecule has 0 saturated carbocycles. The lowest BCUT2D eigenvalue weighted by Gasteiger charge is -2.26. The first kappa shape index (κ1) is 25.1. The second kappa shape index (κ2) is 15.2. The molecular weight excluding hydrogens is 364 g/mol. The fourth-order valence-electron chi connectivity index (χ4n) is 1.86. The summed E-state index contributed by atoms with van der Waals surface area (Å²) in [6.07, 6.45) is 4.53. The lowest BCUT2D eigenvalue weighted by Crippen LogP contribution is -2.49. The summed E-state index contributed by atoms with van der Waals surface area (Å²) in [6.45, 7) is 6.05. The minimum absolute atomic E-state index is 0.382. The van der Waals surface area contributed by atoms with Crippen LogP contribution in [0, 0.1) is 0 Å². The van der Waals surface area contributed by atoms with Crippen molar-refractivity contribution in [1.82, 2.24) is 0 Å². The van der Waals surface area contributed by atoms with Gasteiger partial charge in [-0.2, -0.15) is 0 Å². The Bertz CT molecular complexity index is 273. The first-order valence-corrected chi connectivity index (χ1v) is 12.1. The molecule has 0 unspecified atom stereocenters. The van der Waals surface area contributed by atoms with Gasteiger partial charge in [0.2, 0.25) is 0 Å². The van der Waals surface area contributed by atoms with E-state index in [9.17, 15) is 0 Å². The molecular formula is C15H36O8Si2. The van der Waals surface area contributed by atoms with Crippen LogP contribution in [0.4, 0.5) is 0 Å². The van der Waals surface area contributed by atoms with Crippen LogP contribution in [-0.2, 0) is 35.4 Å². The molecule has 0 bridgehead atoms. The molecule has 0 rings (SSSR count). The van der Waals surface area contributed by atoms with Crippen molar-refractivity contribution in [2.75, 3.05) is 54.9 Å². The highest BCUT2D eigenvalue weighted by Gasteiger charge is 2.44. The van der Waals surface area contributed by atoms with E-state index in [2.05, 4.69) is 13.8 Å². The predicted molar refractivity (Wildman–Crippen MR) is 97.8 cm³/mol. The third-order valence-corrected chi connectivity index (χ3v) is 7.63. The smallest absolute Gasteiger partial charge is 0.355 e. The Balaban J connectivity index is 4.24. The highest BCUT2D eigenvalue weighted by molar-refractivity contribution is 6.53. The van der Waals surface area contributed by atoms with Crippen molar-refractivity contribution in [3.63, 3.8) is 0 Å². The van der Waals surface area contributed by atoms with E-state index in [-0.39, 0.29) is 0 Å². The first-order chi connectivity index (χ1) is 12.1. The van der Waals surface area contributed by atoms with E-state index < -0.39 is 18.1 Å². The molecule has 10 heteroatoms. The molecule has 8 nitrogen and oxygen atoms in total. The number of rotatable bonds is 18. The fourth-order valence-corrected chi connectivity index (χ4v) is 4.88. The predicted octanol–water partition coefficient (Wildman–Crippen LogP) is 2.50. The van der Waals surface area contributed by atoms with Crippen molar-refractivity contribution in [1.29, 1.82) is 0 Å². The molecule has 0 spiro atoms. The van der Waals surface area contributed by atoms with Crippen molar-refractivity contribution in [3.8, 4) is 0 Å². The van der Waals surface area contributed by atoms with Crippen molar-refractivity contribution in [3.05, 3.63) is 0 Å². The standard InChI is InChI=1S/C15H36O8Si2/c1-7-9-12-20-24(16-3,17-4)22-14-11-15-23-25(18-5,19-6)21-13-10-8-2/h7-15H2,1-6H3. The molecule has 0 aromatic rings. The van der Waals surface area contributed by atoms with Gasteiger partial charge in [0.15, 0.2) is 0 Å². The SMILES string of the molecule is CCCCO[Si](OC)(OC)OCCCO[Si](OC)(OC)OCCCC. The largest absolute Gasteiger partial charge is 0.679 e. The number of unbranched alkanes of at least 4 members (excludes halogenated alkanes) is 2. The summed E-state index contributed by atoms with van der Waals surface area (Å²) in [5.74, 6) is 0. The molecule has 0 heterocycles. The van der Waals surface area contributed by atoms with Crippen LogP contribution in [-0.4, -0.2) is 73.0 Å². The molecule has 0 radical (unpaired) electrons. The molecule has 0 aliphatic rings. The summed E-state index contributed by atoms with van der Waals surface area (Å²) < 4.78 is 44.3. The summed E-state index contributed by atoms with van der Waals surface area (Å²) >= 11 is 0. The molecule has 0 aliphatic carbocycles. The molecule has 0 fully saturated rings. The first-order valence-electron chi connectivity index (χ1n) is 8.83. The van der Waals surface area contributed by atoms with Crippen molar-refractivity contribution < 1.29 is 35.4 Å². The Labute approximate surface area is 155 Å². The maximum absolute atomic E-state index is 5.74. The van der Waals surface area contributed by atoms with Crippen molar-refractivity contribution >= 4 is 18.1 Å². The lowest BCUT2D eigenvalue weighted by atomic mass is 10.4. The average molecular weight is 401 g/mol. The quantitative estimate of drug-likeness (QED) is 0.257. The topological polar surface area (TPSA) is 73.8 Å². The van der Waals surface area contributed by atoms with Crippen LogP contribution < -0.4 is 0 Å². The van der Waals surface area contributed by atoms with Crippen LogP contribution in [0.1, 0.15) is 46.0 Å². The van der Waals surface area contributed by atoms with Crippen LogP contribution in [0.15, 0.2) is 0 Å². The van der Waals surface area contributed by atoms with E-state index in [0.717, 1.165) is 25.7 Å². The van der Waals surface area contributed by atoms with Crippen LogP contribution in [0.3, 0.4) is 0 Å².